The summed E-state index contributed by atoms with van der Waals surface area (Å²) in [5.74, 6) is 1.36. The summed E-state index contributed by atoms with van der Waals surface area (Å²) in [6.45, 7) is 9.03. The third-order valence-electron chi connectivity index (χ3n) is 5.47. The fourth-order valence-electron chi connectivity index (χ4n) is 3.79. The molecule has 0 saturated heterocycles. The molecule has 8 heteroatoms. The molecule has 0 spiro atoms. The summed E-state index contributed by atoms with van der Waals surface area (Å²) in [5, 5.41) is 3.49. The van der Waals surface area contributed by atoms with Crippen molar-refractivity contribution in [2.75, 3.05) is 13.2 Å². The molecular formula is C23H27N3O4S. The first-order valence-corrected chi connectivity index (χ1v) is 11.2. The van der Waals surface area contributed by atoms with E-state index in [-0.39, 0.29) is 30.0 Å². The Balaban J connectivity index is 1.27. The number of hydrogen-bond donors (Lipinski definition) is 1. The Morgan fingerprint density at radius 2 is 2.16 bits per heavy atom. The summed E-state index contributed by atoms with van der Waals surface area (Å²) < 4.78 is 13.3. The van der Waals surface area contributed by atoms with Crippen LogP contribution in [0.25, 0.3) is 10.2 Å². The first-order chi connectivity index (χ1) is 14.7. The van der Waals surface area contributed by atoms with Crippen LogP contribution in [0.4, 0.5) is 0 Å². The Hall–Kier alpha value is -2.87. The average Bonchev–Trinajstić information content (AvgIpc) is 3.19. The zero-order chi connectivity index (χ0) is 22.2. The number of benzene rings is 1. The van der Waals surface area contributed by atoms with Crippen molar-refractivity contribution in [3.63, 3.8) is 0 Å². The minimum absolute atomic E-state index is 0.0937. The van der Waals surface area contributed by atoms with Crippen LogP contribution in [0, 0.1) is 13.8 Å². The first kappa shape index (κ1) is 21.4. The third kappa shape index (κ3) is 4.44. The number of nitrogens with zero attached hydrogens (tertiary/aromatic N) is 2. The predicted molar refractivity (Wildman–Crippen MR) is 121 cm³/mol. The molecule has 1 aromatic carbocycles. The van der Waals surface area contributed by atoms with E-state index in [9.17, 15) is 9.59 Å². The second-order valence-electron chi connectivity index (χ2n) is 8.44. The number of amides is 1. The molecule has 164 valence electrons. The number of hydrogen-bond acceptors (Lipinski definition) is 6. The molecule has 0 saturated carbocycles. The largest absolute Gasteiger partial charge is 0.488 e. The van der Waals surface area contributed by atoms with Crippen molar-refractivity contribution in [1.29, 1.82) is 0 Å². The van der Waals surface area contributed by atoms with E-state index in [1.165, 1.54) is 22.2 Å². The summed E-state index contributed by atoms with van der Waals surface area (Å²) >= 11 is 1.52. The molecule has 3 aromatic rings. The number of para-hydroxylation sites is 1. The standard InChI is InChI=1S/C23H27N3O4S/c1-14-15(2)31-21-19(14)22(28)26(13-25-21)10-8-18(27)24-9-11-29-17-7-5-6-16-12-23(3,4)30-20(16)17/h5-7,13H,8-12H2,1-4H3,(H,24,27). The lowest BCUT2D eigenvalue weighted by molar-refractivity contribution is -0.121. The van der Waals surface area contributed by atoms with Gasteiger partial charge in [0.1, 0.15) is 17.0 Å². The summed E-state index contributed by atoms with van der Waals surface area (Å²) in [7, 11) is 0. The first-order valence-electron chi connectivity index (χ1n) is 10.4. The fourth-order valence-corrected chi connectivity index (χ4v) is 4.78. The number of rotatable bonds is 7. The smallest absolute Gasteiger partial charge is 0.262 e. The third-order valence-corrected chi connectivity index (χ3v) is 6.59. The van der Waals surface area contributed by atoms with Gasteiger partial charge in [-0.1, -0.05) is 12.1 Å². The molecular weight excluding hydrogens is 414 g/mol. The molecule has 3 heterocycles. The Labute approximate surface area is 185 Å². The van der Waals surface area contributed by atoms with Crippen LogP contribution in [0.5, 0.6) is 11.5 Å². The lowest BCUT2D eigenvalue weighted by Crippen LogP contribution is -2.30. The summed E-state index contributed by atoms with van der Waals surface area (Å²) in [4.78, 5) is 31.1. The monoisotopic (exact) mass is 441 g/mol. The SMILES string of the molecule is Cc1sc2ncn(CCC(=O)NCCOc3cccc4c3OC(C)(C)C4)c(=O)c2c1C. The quantitative estimate of drug-likeness (QED) is 0.569. The van der Waals surface area contributed by atoms with Crippen molar-refractivity contribution in [3.05, 3.63) is 50.9 Å². The van der Waals surface area contributed by atoms with E-state index in [1.54, 1.807) is 0 Å². The van der Waals surface area contributed by atoms with Gasteiger partial charge in [-0.2, -0.15) is 0 Å². The van der Waals surface area contributed by atoms with Gasteiger partial charge in [0.2, 0.25) is 5.91 Å². The highest BCUT2D eigenvalue weighted by molar-refractivity contribution is 7.18. The molecule has 4 rings (SSSR count). The molecule has 0 fully saturated rings. The lowest BCUT2D eigenvalue weighted by atomic mass is 10.0. The second-order valence-corrected chi connectivity index (χ2v) is 9.64. The highest BCUT2D eigenvalue weighted by Crippen LogP contribution is 2.41. The molecule has 2 aromatic heterocycles. The van der Waals surface area contributed by atoms with Gasteiger partial charge in [0.25, 0.3) is 5.56 Å². The Morgan fingerprint density at radius 3 is 2.97 bits per heavy atom. The Morgan fingerprint density at radius 1 is 1.35 bits per heavy atom. The van der Waals surface area contributed by atoms with E-state index < -0.39 is 0 Å². The van der Waals surface area contributed by atoms with Gasteiger partial charge in [-0.05, 0) is 39.3 Å². The number of ether oxygens (including phenoxy) is 2. The van der Waals surface area contributed by atoms with Crippen LogP contribution in [-0.2, 0) is 17.8 Å². The van der Waals surface area contributed by atoms with Crippen LogP contribution >= 0.6 is 11.3 Å². The van der Waals surface area contributed by atoms with Gasteiger partial charge in [-0.15, -0.1) is 11.3 Å². The van der Waals surface area contributed by atoms with E-state index in [0.29, 0.717) is 24.3 Å². The van der Waals surface area contributed by atoms with Crippen LogP contribution < -0.4 is 20.3 Å². The van der Waals surface area contributed by atoms with Gasteiger partial charge >= 0.3 is 0 Å². The summed E-state index contributed by atoms with van der Waals surface area (Å²) in [6, 6.07) is 5.88. The van der Waals surface area contributed by atoms with Gasteiger partial charge in [-0.25, -0.2) is 4.98 Å². The van der Waals surface area contributed by atoms with Crippen LogP contribution in [0.15, 0.2) is 29.3 Å². The number of carbonyl (C=O) groups is 1. The van der Waals surface area contributed by atoms with Crippen molar-refractivity contribution in [1.82, 2.24) is 14.9 Å². The lowest BCUT2D eigenvalue weighted by Gasteiger charge is -2.18. The number of thiophene rings is 1. The highest BCUT2D eigenvalue weighted by Gasteiger charge is 2.32. The zero-order valence-electron chi connectivity index (χ0n) is 18.3. The minimum atomic E-state index is -0.230. The zero-order valence-corrected chi connectivity index (χ0v) is 19.1. The minimum Gasteiger partial charge on any atom is -0.488 e. The van der Waals surface area contributed by atoms with Crippen LogP contribution in [-0.4, -0.2) is 34.2 Å². The molecule has 1 amide bonds. The van der Waals surface area contributed by atoms with Gasteiger partial charge < -0.3 is 14.8 Å². The van der Waals surface area contributed by atoms with Crippen molar-refractivity contribution in [2.45, 2.75) is 52.7 Å². The molecule has 0 unspecified atom stereocenters. The topological polar surface area (TPSA) is 82.5 Å². The van der Waals surface area contributed by atoms with Gasteiger partial charge in [0.05, 0.1) is 18.3 Å². The molecule has 0 bridgehead atoms. The molecule has 1 aliphatic heterocycles. The van der Waals surface area contributed by atoms with Crippen molar-refractivity contribution >= 4 is 27.5 Å². The van der Waals surface area contributed by atoms with Crippen molar-refractivity contribution in [3.8, 4) is 11.5 Å². The molecule has 1 N–H and O–H groups in total. The van der Waals surface area contributed by atoms with Gasteiger partial charge in [0, 0.05) is 29.8 Å². The van der Waals surface area contributed by atoms with Crippen LogP contribution in [0.3, 0.4) is 0 Å². The number of nitrogens with one attached hydrogen (secondary N) is 1. The maximum Gasteiger partial charge on any atom is 0.262 e. The normalized spacial score (nSPS) is 14.3. The number of fused-ring (bicyclic) bond motifs is 2. The predicted octanol–water partition coefficient (Wildman–Crippen LogP) is 3.37. The van der Waals surface area contributed by atoms with Crippen molar-refractivity contribution in [2.24, 2.45) is 0 Å². The van der Waals surface area contributed by atoms with E-state index in [4.69, 9.17) is 9.47 Å². The Kier molecular flexibility index (Phi) is 5.75. The van der Waals surface area contributed by atoms with E-state index in [2.05, 4.69) is 24.1 Å². The van der Waals surface area contributed by atoms with E-state index >= 15 is 0 Å². The molecule has 31 heavy (non-hydrogen) atoms. The fraction of sp³-hybridized carbons (Fsp3) is 0.435. The second kappa shape index (κ2) is 8.34. The number of aryl methyl sites for hydroxylation is 3. The Bertz CT molecular complexity index is 1200. The van der Waals surface area contributed by atoms with Gasteiger partial charge in [0.15, 0.2) is 11.5 Å². The molecule has 0 radical (unpaired) electrons. The highest BCUT2D eigenvalue weighted by atomic mass is 32.1. The maximum absolute atomic E-state index is 12.7. The van der Waals surface area contributed by atoms with E-state index in [0.717, 1.165) is 33.0 Å². The summed E-state index contributed by atoms with van der Waals surface area (Å²) in [6.07, 6.45) is 2.57. The van der Waals surface area contributed by atoms with E-state index in [1.807, 2.05) is 32.0 Å². The van der Waals surface area contributed by atoms with Crippen molar-refractivity contribution < 1.29 is 14.3 Å². The number of carbonyl (C=O) groups excluding carboxylic acids is 1. The number of aromatic nitrogens is 2. The van der Waals surface area contributed by atoms with Crippen LogP contribution in [0.2, 0.25) is 0 Å². The van der Waals surface area contributed by atoms with Gasteiger partial charge in [-0.3, -0.25) is 14.2 Å². The molecule has 1 aliphatic rings. The average molecular weight is 442 g/mol. The van der Waals surface area contributed by atoms with Crippen LogP contribution in [0.1, 0.15) is 36.3 Å². The summed E-state index contributed by atoms with van der Waals surface area (Å²) in [5.41, 5.74) is 1.78. The molecule has 0 atom stereocenters. The molecule has 0 aliphatic carbocycles. The molecule has 7 nitrogen and oxygen atoms in total. The maximum atomic E-state index is 12.7.